The largest absolute Gasteiger partial charge is 0.398 e. The molecule has 0 saturated carbocycles. The van der Waals surface area contributed by atoms with Gasteiger partial charge in [0, 0.05) is 11.4 Å². The number of para-hydroxylation sites is 1. The van der Waals surface area contributed by atoms with E-state index in [0.29, 0.717) is 16.9 Å². The summed E-state index contributed by atoms with van der Waals surface area (Å²) < 4.78 is 27.7. The average molecular weight is 290 g/mol. The molecule has 2 aromatic rings. The maximum atomic E-state index is 12.6. The highest BCUT2D eigenvalue weighted by atomic mass is 32.2. The summed E-state index contributed by atoms with van der Waals surface area (Å²) in [5.74, 6) is 0. The van der Waals surface area contributed by atoms with Gasteiger partial charge in [-0.25, -0.2) is 8.42 Å². The molecule has 2 aromatic carbocycles. The van der Waals surface area contributed by atoms with Crippen molar-refractivity contribution in [1.29, 1.82) is 0 Å². The van der Waals surface area contributed by atoms with Gasteiger partial charge in [-0.1, -0.05) is 18.2 Å². The third kappa shape index (κ3) is 2.63. The van der Waals surface area contributed by atoms with Crippen LogP contribution in [0, 0.1) is 20.8 Å². The first kappa shape index (κ1) is 14.4. The van der Waals surface area contributed by atoms with Gasteiger partial charge < -0.3 is 5.73 Å². The van der Waals surface area contributed by atoms with Gasteiger partial charge in [-0.05, 0) is 55.7 Å². The third-order valence-electron chi connectivity index (χ3n) is 3.37. The van der Waals surface area contributed by atoms with Crippen LogP contribution >= 0.6 is 0 Å². The smallest absolute Gasteiger partial charge is 0.262 e. The number of nitrogens with one attached hydrogen (secondary N) is 1. The number of benzene rings is 2. The van der Waals surface area contributed by atoms with Gasteiger partial charge in [-0.3, -0.25) is 4.72 Å². The fraction of sp³-hybridized carbons (Fsp3) is 0.200. The summed E-state index contributed by atoms with van der Waals surface area (Å²) in [5.41, 5.74) is 9.07. The predicted octanol–water partition coefficient (Wildman–Crippen LogP) is 2.99. The molecule has 0 atom stereocenters. The van der Waals surface area contributed by atoms with E-state index in [1.807, 2.05) is 13.0 Å². The van der Waals surface area contributed by atoms with Gasteiger partial charge in [0.2, 0.25) is 0 Å². The zero-order valence-electron chi connectivity index (χ0n) is 11.8. The van der Waals surface area contributed by atoms with Crippen LogP contribution in [0.2, 0.25) is 0 Å². The summed E-state index contributed by atoms with van der Waals surface area (Å²) in [4.78, 5) is 0.263. The molecular weight excluding hydrogens is 272 g/mol. The van der Waals surface area contributed by atoms with Gasteiger partial charge in [0.15, 0.2) is 0 Å². The number of anilines is 2. The van der Waals surface area contributed by atoms with E-state index in [4.69, 9.17) is 5.73 Å². The Bertz CT molecular complexity index is 712. The molecule has 0 heterocycles. The normalized spacial score (nSPS) is 11.3. The molecule has 4 nitrogen and oxygen atoms in total. The van der Waals surface area contributed by atoms with E-state index in [9.17, 15) is 8.42 Å². The Labute approximate surface area is 119 Å². The van der Waals surface area contributed by atoms with Crippen LogP contribution in [-0.4, -0.2) is 8.42 Å². The Kier molecular flexibility index (Phi) is 3.72. The molecule has 2 rings (SSSR count). The molecule has 3 N–H and O–H groups in total. The lowest BCUT2D eigenvalue weighted by Crippen LogP contribution is -2.17. The number of nitrogens with two attached hydrogens (primary N) is 1. The van der Waals surface area contributed by atoms with E-state index in [1.165, 1.54) is 0 Å². The standard InChI is InChI=1S/C15H18N2O2S/c1-10-9-14(16)12(3)15(11(10)2)20(18,19)17-13-7-5-4-6-8-13/h4-9,17H,16H2,1-3H3. The van der Waals surface area contributed by atoms with Gasteiger partial charge in [0.05, 0.1) is 4.90 Å². The van der Waals surface area contributed by atoms with Crippen molar-refractivity contribution in [3.8, 4) is 0 Å². The maximum absolute atomic E-state index is 12.6. The molecule has 0 amide bonds. The molecule has 20 heavy (non-hydrogen) atoms. The second-order valence-electron chi connectivity index (χ2n) is 4.83. The monoisotopic (exact) mass is 290 g/mol. The summed E-state index contributed by atoms with van der Waals surface area (Å²) in [6, 6.07) is 10.6. The van der Waals surface area contributed by atoms with Crippen molar-refractivity contribution in [3.05, 3.63) is 53.1 Å². The fourth-order valence-corrected chi connectivity index (χ4v) is 3.79. The quantitative estimate of drug-likeness (QED) is 0.854. The number of hydrogen-bond acceptors (Lipinski definition) is 3. The lowest BCUT2D eigenvalue weighted by atomic mass is 10.1. The highest BCUT2D eigenvalue weighted by Crippen LogP contribution is 2.29. The molecule has 0 bridgehead atoms. The zero-order valence-corrected chi connectivity index (χ0v) is 12.6. The van der Waals surface area contributed by atoms with Crippen LogP contribution in [0.25, 0.3) is 0 Å². The van der Waals surface area contributed by atoms with E-state index in [-0.39, 0.29) is 4.90 Å². The Morgan fingerprint density at radius 3 is 2.20 bits per heavy atom. The summed E-state index contributed by atoms with van der Waals surface area (Å²) in [6.45, 7) is 5.37. The average Bonchev–Trinajstić information content (AvgIpc) is 2.37. The SMILES string of the molecule is Cc1cc(N)c(C)c(S(=O)(=O)Nc2ccccc2)c1C. The van der Waals surface area contributed by atoms with Crippen LogP contribution in [0.5, 0.6) is 0 Å². The molecule has 106 valence electrons. The minimum absolute atomic E-state index is 0.263. The van der Waals surface area contributed by atoms with Crippen LogP contribution in [0.3, 0.4) is 0 Å². The highest BCUT2D eigenvalue weighted by molar-refractivity contribution is 7.92. The van der Waals surface area contributed by atoms with E-state index < -0.39 is 10.0 Å². The molecule has 0 saturated heterocycles. The molecule has 0 aliphatic rings. The summed E-state index contributed by atoms with van der Waals surface area (Å²) in [5, 5.41) is 0. The molecule has 0 fully saturated rings. The van der Waals surface area contributed by atoms with Crippen LogP contribution in [0.1, 0.15) is 16.7 Å². The third-order valence-corrected chi connectivity index (χ3v) is 5.03. The lowest BCUT2D eigenvalue weighted by molar-refractivity contribution is 0.600. The number of nitrogen functional groups attached to an aromatic ring is 1. The van der Waals surface area contributed by atoms with Crippen LogP contribution in [-0.2, 0) is 10.0 Å². The molecule has 0 spiro atoms. The highest BCUT2D eigenvalue weighted by Gasteiger charge is 2.22. The van der Waals surface area contributed by atoms with Gasteiger partial charge in [-0.2, -0.15) is 0 Å². The predicted molar refractivity (Wildman–Crippen MR) is 82.3 cm³/mol. The maximum Gasteiger partial charge on any atom is 0.262 e. The van der Waals surface area contributed by atoms with Crippen molar-refractivity contribution in [2.24, 2.45) is 0 Å². The Hall–Kier alpha value is -2.01. The van der Waals surface area contributed by atoms with Gasteiger partial charge >= 0.3 is 0 Å². The van der Waals surface area contributed by atoms with Crippen LogP contribution < -0.4 is 10.5 Å². The molecule has 0 aliphatic heterocycles. The molecule has 0 aromatic heterocycles. The van der Waals surface area contributed by atoms with Crippen molar-refractivity contribution < 1.29 is 8.42 Å². The zero-order chi connectivity index (χ0) is 14.9. The Balaban J connectivity index is 2.56. The Morgan fingerprint density at radius 2 is 1.60 bits per heavy atom. The van der Waals surface area contributed by atoms with E-state index in [1.54, 1.807) is 44.2 Å². The van der Waals surface area contributed by atoms with Crippen molar-refractivity contribution >= 4 is 21.4 Å². The van der Waals surface area contributed by atoms with E-state index >= 15 is 0 Å². The summed E-state index contributed by atoms with van der Waals surface area (Å²) in [7, 11) is -3.65. The van der Waals surface area contributed by atoms with Crippen molar-refractivity contribution in [2.75, 3.05) is 10.5 Å². The van der Waals surface area contributed by atoms with Crippen LogP contribution in [0.15, 0.2) is 41.3 Å². The molecule has 0 unspecified atom stereocenters. The van der Waals surface area contributed by atoms with Gasteiger partial charge in [0.25, 0.3) is 10.0 Å². The first-order valence-electron chi connectivity index (χ1n) is 6.27. The topological polar surface area (TPSA) is 72.2 Å². The van der Waals surface area contributed by atoms with Crippen LogP contribution in [0.4, 0.5) is 11.4 Å². The molecule has 0 radical (unpaired) electrons. The number of hydrogen-bond donors (Lipinski definition) is 2. The molecular formula is C15H18N2O2S. The number of sulfonamides is 1. The van der Waals surface area contributed by atoms with Crippen molar-refractivity contribution in [3.63, 3.8) is 0 Å². The Morgan fingerprint density at radius 1 is 1.00 bits per heavy atom. The van der Waals surface area contributed by atoms with Crippen molar-refractivity contribution in [2.45, 2.75) is 25.7 Å². The minimum Gasteiger partial charge on any atom is -0.398 e. The minimum atomic E-state index is -3.65. The second kappa shape index (κ2) is 5.17. The van der Waals surface area contributed by atoms with E-state index in [0.717, 1.165) is 11.1 Å². The second-order valence-corrected chi connectivity index (χ2v) is 6.45. The summed E-state index contributed by atoms with van der Waals surface area (Å²) in [6.07, 6.45) is 0. The van der Waals surface area contributed by atoms with Gasteiger partial charge in [-0.15, -0.1) is 0 Å². The lowest BCUT2D eigenvalue weighted by Gasteiger charge is -2.16. The van der Waals surface area contributed by atoms with Gasteiger partial charge in [0.1, 0.15) is 0 Å². The number of aryl methyl sites for hydroxylation is 1. The first-order valence-corrected chi connectivity index (χ1v) is 7.75. The molecule has 5 heteroatoms. The fourth-order valence-electron chi connectivity index (χ4n) is 2.16. The van der Waals surface area contributed by atoms with E-state index in [2.05, 4.69) is 4.72 Å². The number of rotatable bonds is 3. The molecule has 0 aliphatic carbocycles. The summed E-state index contributed by atoms with van der Waals surface area (Å²) >= 11 is 0. The first-order chi connectivity index (χ1) is 9.33. The van der Waals surface area contributed by atoms with Crippen molar-refractivity contribution in [1.82, 2.24) is 0 Å².